The number of nitrogens with one attached hydrogen (secondary N) is 2. The Morgan fingerprint density at radius 3 is 2.48 bits per heavy atom. The molecular weight excluding hydrogens is 389 g/mol. The number of benzene rings is 1. The van der Waals surface area contributed by atoms with Crippen molar-refractivity contribution in [1.29, 1.82) is 0 Å². The summed E-state index contributed by atoms with van der Waals surface area (Å²) in [5.41, 5.74) is 1.24. The lowest BCUT2D eigenvalue weighted by molar-refractivity contribution is 0.101. The van der Waals surface area contributed by atoms with Crippen LogP contribution in [0.4, 0.5) is 15.9 Å². The van der Waals surface area contributed by atoms with E-state index in [0.717, 1.165) is 6.54 Å². The van der Waals surface area contributed by atoms with E-state index in [1.165, 1.54) is 39.0 Å². The van der Waals surface area contributed by atoms with Crippen molar-refractivity contribution in [2.75, 3.05) is 24.2 Å². The fourth-order valence-electron chi connectivity index (χ4n) is 3.70. The maximum atomic E-state index is 15.0. The zero-order chi connectivity index (χ0) is 21.4. The van der Waals surface area contributed by atoms with Crippen LogP contribution in [0.3, 0.4) is 0 Å². The number of pyridine rings is 1. The second-order valence-electron chi connectivity index (χ2n) is 7.09. The second-order valence-corrected chi connectivity index (χ2v) is 7.50. The minimum absolute atomic E-state index is 0.0329. The van der Waals surface area contributed by atoms with Crippen LogP contribution in [-0.2, 0) is 0 Å². The normalized spacial score (nSPS) is 14.0. The number of halogens is 2. The zero-order valence-electron chi connectivity index (χ0n) is 17.7. The van der Waals surface area contributed by atoms with Crippen molar-refractivity contribution >= 4 is 28.9 Å². The third kappa shape index (κ3) is 5.69. The number of carbonyl (C=O) groups is 1. The number of rotatable bonds is 6. The molecule has 1 fully saturated rings. The van der Waals surface area contributed by atoms with Crippen LogP contribution < -0.4 is 10.6 Å². The number of nitrogens with zero attached hydrogens (tertiary/aromatic N) is 1. The largest absolute Gasteiger partial charge is 0.387 e. The van der Waals surface area contributed by atoms with Crippen molar-refractivity contribution in [3.05, 3.63) is 40.8 Å². The van der Waals surface area contributed by atoms with Gasteiger partial charge < -0.3 is 10.6 Å². The van der Waals surface area contributed by atoms with Crippen LogP contribution in [0.2, 0.25) is 5.02 Å². The zero-order valence-corrected chi connectivity index (χ0v) is 18.5. The van der Waals surface area contributed by atoms with Gasteiger partial charge in [-0.15, -0.1) is 0 Å². The van der Waals surface area contributed by atoms with Gasteiger partial charge in [-0.2, -0.15) is 0 Å². The van der Waals surface area contributed by atoms with Gasteiger partial charge in [0.25, 0.3) is 0 Å². The van der Waals surface area contributed by atoms with E-state index in [0.29, 0.717) is 28.0 Å². The van der Waals surface area contributed by atoms with Crippen molar-refractivity contribution in [2.45, 2.75) is 52.9 Å². The molecule has 0 amide bonds. The Morgan fingerprint density at radius 1 is 1.21 bits per heavy atom. The van der Waals surface area contributed by atoms with E-state index in [1.807, 2.05) is 13.8 Å². The van der Waals surface area contributed by atoms with Gasteiger partial charge in [-0.3, -0.25) is 4.79 Å². The van der Waals surface area contributed by atoms with Crippen molar-refractivity contribution in [1.82, 2.24) is 4.98 Å². The Bertz CT molecular complexity index is 835. The molecule has 0 spiro atoms. The smallest absolute Gasteiger partial charge is 0.164 e. The fourth-order valence-corrected chi connectivity index (χ4v) is 3.96. The summed E-state index contributed by atoms with van der Waals surface area (Å²) in [7, 11) is 1.65. The van der Waals surface area contributed by atoms with Gasteiger partial charge in [-0.25, -0.2) is 9.37 Å². The van der Waals surface area contributed by atoms with Crippen LogP contribution in [0, 0.1) is 11.7 Å². The van der Waals surface area contributed by atoms with E-state index in [2.05, 4.69) is 15.6 Å². The van der Waals surface area contributed by atoms with E-state index in [4.69, 9.17) is 11.6 Å². The van der Waals surface area contributed by atoms with Crippen molar-refractivity contribution in [3.8, 4) is 11.1 Å². The maximum Gasteiger partial charge on any atom is 0.164 e. The molecule has 0 bridgehead atoms. The standard InChI is InChI=1S/C21H25ClFN3O.C2H6/c1-13(27)20-18(24-2)9-8-15(21(20)23)16-12-26-19(10-17(16)22)25-11-14-6-4-3-5-7-14;1-2/h8-10,12,14,24H,3-7,11H2,1-2H3,(H,25,26);1-2H3. The lowest BCUT2D eigenvalue weighted by Crippen LogP contribution is -2.17. The van der Waals surface area contributed by atoms with Gasteiger partial charge in [-0.05, 0) is 43.9 Å². The Kier molecular flexibility index (Phi) is 8.90. The summed E-state index contributed by atoms with van der Waals surface area (Å²) in [5, 5.41) is 6.60. The summed E-state index contributed by atoms with van der Waals surface area (Å²) in [5.74, 6) is 0.437. The highest BCUT2D eigenvalue weighted by atomic mass is 35.5. The molecule has 0 radical (unpaired) electrons. The van der Waals surface area contributed by atoms with Crippen LogP contribution in [0.5, 0.6) is 0 Å². The van der Waals surface area contributed by atoms with Gasteiger partial charge in [0.05, 0.1) is 10.6 Å². The first-order valence-electron chi connectivity index (χ1n) is 10.4. The number of ketones is 1. The minimum atomic E-state index is -0.582. The molecule has 158 valence electrons. The molecule has 2 aromatic rings. The number of Topliss-reactive ketones (excluding diaryl/α,β-unsaturated/α-hetero) is 1. The summed E-state index contributed by atoms with van der Waals surface area (Å²) in [4.78, 5) is 16.3. The summed E-state index contributed by atoms with van der Waals surface area (Å²) < 4.78 is 15.0. The first-order chi connectivity index (χ1) is 14.0. The van der Waals surface area contributed by atoms with Crippen molar-refractivity contribution < 1.29 is 9.18 Å². The third-order valence-electron chi connectivity index (χ3n) is 5.20. The predicted molar refractivity (Wildman–Crippen MR) is 121 cm³/mol. The van der Waals surface area contributed by atoms with Crippen LogP contribution >= 0.6 is 11.6 Å². The van der Waals surface area contributed by atoms with Gasteiger partial charge in [0.2, 0.25) is 0 Å². The van der Waals surface area contributed by atoms with Gasteiger partial charge in [0.1, 0.15) is 11.6 Å². The molecule has 4 nitrogen and oxygen atoms in total. The molecule has 0 unspecified atom stereocenters. The van der Waals surface area contributed by atoms with Gasteiger partial charge in [-0.1, -0.05) is 44.7 Å². The molecule has 6 heteroatoms. The maximum absolute atomic E-state index is 15.0. The first-order valence-corrected chi connectivity index (χ1v) is 10.8. The molecule has 1 aromatic carbocycles. The monoisotopic (exact) mass is 419 g/mol. The second kappa shape index (κ2) is 11.1. The average Bonchev–Trinajstić information content (AvgIpc) is 2.74. The lowest BCUT2D eigenvalue weighted by Gasteiger charge is -2.22. The molecule has 1 aromatic heterocycles. The topological polar surface area (TPSA) is 54.0 Å². The van der Waals surface area contributed by atoms with E-state index >= 15 is 0 Å². The molecule has 0 saturated heterocycles. The predicted octanol–water partition coefficient (Wildman–Crippen LogP) is 6.80. The third-order valence-corrected chi connectivity index (χ3v) is 5.52. The van der Waals surface area contributed by atoms with Crippen LogP contribution in [-0.4, -0.2) is 24.4 Å². The Hall–Kier alpha value is -2.14. The number of aromatic nitrogens is 1. The highest BCUT2D eigenvalue weighted by molar-refractivity contribution is 6.33. The Morgan fingerprint density at radius 2 is 1.90 bits per heavy atom. The highest BCUT2D eigenvalue weighted by Gasteiger charge is 2.20. The number of hydrogen-bond donors (Lipinski definition) is 2. The summed E-state index contributed by atoms with van der Waals surface area (Å²) in [6.45, 7) is 6.23. The molecule has 2 N–H and O–H groups in total. The van der Waals surface area contributed by atoms with E-state index in [-0.39, 0.29) is 16.9 Å². The SMILES string of the molecule is CC.CNc1ccc(-c2cnc(NCC3CCCCC3)cc2Cl)c(F)c1C(C)=O. The van der Waals surface area contributed by atoms with Crippen LogP contribution in [0.15, 0.2) is 24.4 Å². The number of hydrogen-bond acceptors (Lipinski definition) is 4. The van der Waals surface area contributed by atoms with Crippen molar-refractivity contribution in [2.24, 2.45) is 5.92 Å². The first kappa shape index (κ1) is 23.1. The van der Waals surface area contributed by atoms with Crippen molar-refractivity contribution in [3.63, 3.8) is 0 Å². The summed E-state index contributed by atoms with van der Waals surface area (Å²) in [6, 6.07) is 5.02. The molecule has 0 atom stereocenters. The molecule has 29 heavy (non-hydrogen) atoms. The van der Waals surface area contributed by atoms with Gasteiger partial charge >= 0.3 is 0 Å². The van der Waals surface area contributed by atoms with Crippen LogP contribution in [0.1, 0.15) is 63.2 Å². The molecular formula is C23H31ClFN3O. The van der Waals surface area contributed by atoms with Crippen LogP contribution in [0.25, 0.3) is 11.1 Å². The molecule has 1 heterocycles. The quantitative estimate of drug-likeness (QED) is 0.505. The molecule has 3 rings (SSSR count). The summed E-state index contributed by atoms with van der Waals surface area (Å²) in [6.07, 6.45) is 7.97. The van der Waals surface area contributed by atoms with E-state index in [9.17, 15) is 9.18 Å². The highest BCUT2D eigenvalue weighted by Crippen LogP contribution is 2.34. The number of carbonyl (C=O) groups excluding carboxylic acids is 1. The molecule has 0 aliphatic heterocycles. The minimum Gasteiger partial charge on any atom is -0.387 e. The van der Waals surface area contributed by atoms with Gasteiger partial charge in [0, 0.05) is 36.6 Å². The lowest BCUT2D eigenvalue weighted by atomic mass is 9.89. The Balaban J connectivity index is 0.00000145. The molecule has 1 saturated carbocycles. The van der Waals surface area contributed by atoms with E-state index in [1.54, 1.807) is 31.4 Å². The average molecular weight is 420 g/mol. The fraction of sp³-hybridized carbons (Fsp3) is 0.478. The Labute approximate surface area is 178 Å². The van der Waals surface area contributed by atoms with E-state index < -0.39 is 5.82 Å². The number of anilines is 2. The molecule has 1 aliphatic rings. The van der Waals surface area contributed by atoms with Gasteiger partial charge in [0.15, 0.2) is 5.78 Å². The molecule has 1 aliphatic carbocycles. The summed E-state index contributed by atoms with van der Waals surface area (Å²) >= 11 is 6.42.